The van der Waals surface area contributed by atoms with Crippen molar-refractivity contribution in [2.45, 2.75) is 0 Å². The summed E-state index contributed by atoms with van der Waals surface area (Å²) in [6.45, 7) is 0. The van der Waals surface area contributed by atoms with Crippen molar-refractivity contribution < 1.29 is 4.74 Å². The van der Waals surface area contributed by atoms with Gasteiger partial charge in [-0.05, 0) is 48.5 Å². The summed E-state index contributed by atoms with van der Waals surface area (Å²) in [5.74, 6) is 1.51. The Morgan fingerprint density at radius 3 is 2.55 bits per heavy atom. The first-order valence-corrected chi connectivity index (χ1v) is 6.56. The highest BCUT2D eigenvalue weighted by molar-refractivity contribution is 7.80. The number of aromatic nitrogens is 1. The molecule has 20 heavy (non-hydrogen) atoms. The summed E-state index contributed by atoms with van der Waals surface area (Å²) in [7, 11) is 0. The number of pyridine rings is 1. The zero-order valence-corrected chi connectivity index (χ0v) is 11.4. The number of hydrogen-bond acceptors (Lipinski definition) is 3. The van der Waals surface area contributed by atoms with Gasteiger partial charge >= 0.3 is 0 Å². The monoisotopic (exact) mass is 280 g/mol. The molecule has 1 heterocycles. The van der Waals surface area contributed by atoms with Crippen LogP contribution >= 0.6 is 12.2 Å². The maximum absolute atomic E-state index is 5.90. The number of hydrogen-bond donors (Lipinski definition) is 1. The van der Waals surface area contributed by atoms with E-state index >= 15 is 0 Å². The van der Waals surface area contributed by atoms with E-state index in [1.807, 2.05) is 54.6 Å². The molecule has 2 aromatic carbocycles. The van der Waals surface area contributed by atoms with Crippen LogP contribution in [0, 0.1) is 0 Å². The van der Waals surface area contributed by atoms with Gasteiger partial charge in [-0.25, -0.2) is 0 Å². The molecule has 3 aromatic rings. The molecule has 3 nitrogen and oxygen atoms in total. The smallest absolute Gasteiger partial charge is 0.136 e. The van der Waals surface area contributed by atoms with Crippen LogP contribution in [0.5, 0.6) is 11.5 Å². The van der Waals surface area contributed by atoms with Crippen molar-refractivity contribution in [3.05, 3.63) is 66.4 Å². The molecule has 0 saturated carbocycles. The molecule has 0 amide bonds. The van der Waals surface area contributed by atoms with E-state index in [0.29, 0.717) is 4.99 Å². The zero-order valence-electron chi connectivity index (χ0n) is 10.6. The quantitative estimate of drug-likeness (QED) is 0.744. The highest BCUT2D eigenvalue weighted by atomic mass is 32.1. The van der Waals surface area contributed by atoms with Crippen LogP contribution in [-0.4, -0.2) is 9.97 Å². The largest absolute Gasteiger partial charge is 0.457 e. The summed E-state index contributed by atoms with van der Waals surface area (Å²) in [6.07, 6.45) is 1.77. The molecule has 0 fully saturated rings. The van der Waals surface area contributed by atoms with Gasteiger partial charge in [0, 0.05) is 17.1 Å². The fourth-order valence-electron chi connectivity index (χ4n) is 1.98. The minimum atomic E-state index is 0.380. The van der Waals surface area contributed by atoms with Gasteiger partial charge in [-0.3, -0.25) is 4.98 Å². The van der Waals surface area contributed by atoms with E-state index in [1.165, 1.54) is 0 Å². The lowest BCUT2D eigenvalue weighted by Crippen LogP contribution is -2.08. The second-order valence-corrected chi connectivity index (χ2v) is 4.76. The van der Waals surface area contributed by atoms with Crippen LogP contribution in [0.2, 0.25) is 0 Å². The van der Waals surface area contributed by atoms with Gasteiger partial charge in [-0.2, -0.15) is 0 Å². The van der Waals surface area contributed by atoms with Crippen LogP contribution in [0.25, 0.3) is 10.9 Å². The van der Waals surface area contributed by atoms with Gasteiger partial charge in [0.15, 0.2) is 0 Å². The molecule has 3 rings (SSSR count). The van der Waals surface area contributed by atoms with Crippen molar-refractivity contribution in [1.29, 1.82) is 0 Å². The summed E-state index contributed by atoms with van der Waals surface area (Å²) in [4.78, 5) is 4.69. The predicted octanol–water partition coefficient (Wildman–Crippen LogP) is 3.66. The molecule has 1 aromatic heterocycles. The Morgan fingerprint density at radius 1 is 1.00 bits per heavy atom. The first-order chi connectivity index (χ1) is 9.74. The van der Waals surface area contributed by atoms with Crippen LogP contribution < -0.4 is 10.5 Å². The minimum Gasteiger partial charge on any atom is -0.457 e. The summed E-state index contributed by atoms with van der Waals surface area (Å²) in [5, 5.41) is 0.980. The lowest BCUT2D eigenvalue weighted by molar-refractivity contribution is 0.488. The van der Waals surface area contributed by atoms with E-state index in [-0.39, 0.29) is 0 Å². The second kappa shape index (κ2) is 5.27. The van der Waals surface area contributed by atoms with Crippen LogP contribution in [0.4, 0.5) is 0 Å². The normalized spacial score (nSPS) is 10.4. The van der Waals surface area contributed by atoms with E-state index in [0.717, 1.165) is 28.0 Å². The number of thiocarbonyl (C=S) groups is 1. The van der Waals surface area contributed by atoms with E-state index < -0.39 is 0 Å². The number of nitrogens with two attached hydrogens (primary N) is 1. The van der Waals surface area contributed by atoms with Crippen molar-refractivity contribution in [1.82, 2.24) is 4.98 Å². The Kier molecular flexibility index (Phi) is 3.31. The molecule has 0 aliphatic carbocycles. The van der Waals surface area contributed by atoms with Crippen molar-refractivity contribution in [2.24, 2.45) is 5.73 Å². The van der Waals surface area contributed by atoms with Crippen molar-refractivity contribution in [3.8, 4) is 11.5 Å². The second-order valence-electron chi connectivity index (χ2n) is 4.32. The van der Waals surface area contributed by atoms with Gasteiger partial charge in [0.1, 0.15) is 16.5 Å². The maximum atomic E-state index is 5.90. The van der Waals surface area contributed by atoms with Crippen LogP contribution in [0.1, 0.15) is 5.56 Å². The molecular formula is C16H12N2OS. The molecular weight excluding hydrogens is 268 g/mol. The van der Waals surface area contributed by atoms with Gasteiger partial charge in [-0.1, -0.05) is 18.3 Å². The van der Waals surface area contributed by atoms with Crippen molar-refractivity contribution >= 4 is 28.1 Å². The van der Waals surface area contributed by atoms with Gasteiger partial charge < -0.3 is 10.5 Å². The lowest BCUT2D eigenvalue weighted by Gasteiger charge is -2.09. The zero-order chi connectivity index (χ0) is 13.9. The molecule has 0 aliphatic heterocycles. The van der Waals surface area contributed by atoms with E-state index in [9.17, 15) is 0 Å². The molecule has 4 heteroatoms. The maximum Gasteiger partial charge on any atom is 0.136 e. The van der Waals surface area contributed by atoms with E-state index in [1.54, 1.807) is 6.20 Å². The third-order valence-electron chi connectivity index (χ3n) is 2.97. The molecule has 0 aliphatic rings. The molecule has 0 bridgehead atoms. The number of benzene rings is 2. The first kappa shape index (κ1) is 12.6. The third-order valence-corrected chi connectivity index (χ3v) is 3.21. The van der Waals surface area contributed by atoms with Gasteiger partial charge in [-0.15, -0.1) is 0 Å². The molecule has 0 unspecified atom stereocenters. The standard InChI is InChI=1S/C16H12N2OS/c17-16(20)11-6-8-12(9-7-11)19-15-5-1-4-14-13(15)3-2-10-18-14/h1-10H,(H2,17,20). The Labute approximate surface area is 122 Å². The highest BCUT2D eigenvalue weighted by Gasteiger charge is 2.04. The molecule has 0 atom stereocenters. The van der Waals surface area contributed by atoms with Crippen LogP contribution in [-0.2, 0) is 0 Å². The third kappa shape index (κ3) is 2.46. The number of nitrogens with zero attached hydrogens (tertiary/aromatic N) is 1. The van der Waals surface area contributed by atoms with Crippen LogP contribution in [0.15, 0.2) is 60.8 Å². The van der Waals surface area contributed by atoms with Crippen LogP contribution in [0.3, 0.4) is 0 Å². The molecule has 0 spiro atoms. The average Bonchev–Trinajstić information content (AvgIpc) is 2.48. The number of rotatable bonds is 3. The Hall–Kier alpha value is -2.46. The molecule has 2 N–H and O–H groups in total. The van der Waals surface area contributed by atoms with Gasteiger partial charge in [0.05, 0.1) is 5.52 Å². The Morgan fingerprint density at radius 2 is 1.80 bits per heavy atom. The minimum absolute atomic E-state index is 0.380. The topological polar surface area (TPSA) is 48.1 Å². The van der Waals surface area contributed by atoms with E-state index in [2.05, 4.69) is 4.98 Å². The van der Waals surface area contributed by atoms with Gasteiger partial charge in [0.25, 0.3) is 0 Å². The molecule has 0 radical (unpaired) electrons. The highest BCUT2D eigenvalue weighted by Crippen LogP contribution is 2.28. The van der Waals surface area contributed by atoms with Crippen molar-refractivity contribution in [3.63, 3.8) is 0 Å². The molecule has 98 valence electrons. The fourth-order valence-corrected chi connectivity index (χ4v) is 2.11. The summed E-state index contributed by atoms with van der Waals surface area (Å²) < 4.78 is 5.90. The van der Waals surface area contributed by atoms with Crippen molar-refractivity contribution in [2.75, 3.05) is 0 Å². The summed E-state index contributed by atoms with van der Waals surface area (Å²) in [5.41, 5.74) is 7.31. The lowest BCUT2D eigenvalue weighted by atomic mass is 10.2. The fraction of sp³-hybridized carbons (Fsp3) is 0. The Balaban J connectivity index is 1.95. The number of fused-ring (bicyclic) bond motifs is 1. The predicted molar refractivity (Wildman–Crippen MR) is 84.1 cm³/mol. The molecule has 0 saturated heterocycles. The summed E-state index contributed by atoms with van der Waals surface area (Å²) in [6, 6.07) is 17.1. The number of ether oxygens (including phenoxy) is 1. The Bertz CT molecular complexity index is 764. The SMILES string of the molecule is NC(=S)c1ccc(Oc2cccc3ncccc23)cc1. The summed E-state index contributed by atoms with van der Waals surface area (Å²) >= 11 is 4.93. The van der Waals surface area contributed by atoms with Gasteiger partial charge in [0.2, 0.25) is 0 Å². The average molecular weight is 280 g/mol. The van der Waals surface area contributed by atoms with E-state index in [4.69, 9.17) is 22.7 Å². The first-order valence-electron chi connectivity index (χ1n) is 6.15.